The van der Waals surface area contributed by atoms with Gasteiger partial charge in [0.05, 0.1) is 6.54 Å². The second-order valence-corrected chi connectivity index (χ2v) is 7.11. The molecule has 0 spiro atoms. The van der Waals surface area contributed by atoms with Crippen LogP contribution in [0.3, 0.4) is 0 Å². The van der Waals surface area contributed by atoms with Gasteiger partial charge in [0.25, 0.3) is 0 Å². The van der Waals surface area contributed by atoms with E-state index < -0.39 is 0 Å². The molecule has 2 heterocycles. The third-order valence-corrected chi connectivity index (χ3v) is 5.26. The highest BCUT2D eigenvalue weighted by Crippen LogP contribution is 2.18. The quantitative estimate of drug-likeness (QED) is 0.294. The molecule has 25 heavy (non-hydrogen) atoms. The fraction of sp³-hybridized carbons (Fsp3) is 0.421. The van der Waals surface area contributed by atoms with Gasteiger partial charge >= 0.3 is 0 Å². The SMILES string of the molecule is CN=C(NCCCN1CCc2ccccc2C1)NCc1cccs1.I. The Hall–Kier alpha value is -1.12. The van der Waals surface area contributed by atoms with E-state index in [0.717, 1.165) is 38.6 Å². The molecule has 0 saturated heterocycles. The molecule has 1 aliphatic heterocycles. The third-order valence-electron chi connectivity index (χ3n) is 4.39. The number of aliphatic imine (C=N–C) groups is 1. The Bertz CT molecular complexity index is 657. The number of hydrogen-bond acceptors (Lipinski definition) is 3. The topological polar surface area (TPSA) is 39.7 Å². The van der Waals surface area contributed by atoms with E-state index in [1.54, 1.807) is 11.3 Å². The fourth-order valence-corrected chi connectivity index (χ4v) is 3.70. The van der Waals surface area contributed by atoms with E-state index in [9.17, 15) is 0 Å². The van der Waals surface area contributed by atoms with Crippen LogP contribution in [0.1, 0.15) is 22.4 Å². The average molecular weight is 470 g/mol. The summed E-state index contributed by atoms with van der Waals surface area (Å²) < 4.78 is 0. The van der Waals surface area contributed by atoms with Gasteiger partial charge in [-0.15, -0.1) is 35.3 Å². The van der Waals surface area contributed by atoms with Crippen LogP contribution in [0.25, 0.3) is 0 Å². The number of halogens is 1. The normalized spacial score (nSPS) is 14.5. The number of fused-ring (bicyclic) bond motifs is 1. The molecule has 2 N–H and O–H groups in total. The van der Waals surface area contributed by atoms with E-state index >= 15 is 0 Å². The highest BCUT2D eigenvalue weighted by Gasteiger charge is 2.14. The third kappa shape index (κ3) is 6.27. The van der Waals surface area contributed by atoms with Crippen molar-refractivity contribution in [2.45, 2.75) is 25.9 Å². The maximum absolute atomic E-state index is 4.29. The predicted molar refractivity (Wildman–Crippen MR) is 118 cm³/mol. The van der Waals surface area contributed by atoms with Gasteiger partial charge < -0.3 is 10.6 Å². The van der Waals surface area contributed by atoms with Gasteiger partial charge in [-0.1, -0.05) is 30.3 Å². The number of guanidine groups is 1. The number of benzene rings is 1. The van der Waals surface area contributed by atoms with E-state index in [-0.39, 0.29) is 24.0 Å². The van der Waals surface area contributed by atoms with Gasteiger partial charge in [0.2, 0.25) is 0 Å². The number of thiophene rings is 1. The van der Waals surface area contributed by atoms with Crippen molar-refractivity contribution in [3.63, 3.8) is 0 Å². The monoisotopic (exact) mass is 470 g/mol. The Morgan fingerprint density at radius 2 is 2.00 bits per heavy atom. The molecule has 0 atom stereocenters. The van der Waals surface area contributed by atoms with Crippen molar-refractivity contribution in [3.8, 4) is 0 Å². The zero-order valence-electron chi connectivity index (χ0n) is 14.7. The highest BCUT2D eigenvalue weighted by molar-refractivity contribution is 14.0. The fourth-order valence-electron chi connectivity index (χ4n) is 3.06. The van der Waals surface area contributed by atoms with Gasteiger partial charge in [0.15, 0.2) is 5.96 Å². The van der Waals surface area contributed by atoms with Crippen molar-refractivity contribution in [3.05, 3.63) is 57.8 Å². The molecule has 0 unspecified atom stereocenters. The van der Waals surface area contributed by atoms with Crippen molar-refractivity contribution >= 4 is 41.3 Å². The van der Waals surface area contributed by atoms with Gasteiger partial charge in [-0.25, -0.2) is 0 Å². The molecule has 6 heteroatoms. The Morgan fingerprint density at radius 3 is 2.76 bits per heavy atom. The Morgan fingerprint density at radius 1 is 1.16 bits per heavy atom. The second kappa shape index (κ2) is 10.8. The summed E-state index contributed by atoms with van der Waals surface area (Å²) in [5.74, 6) is 0.882. The Labute approximate surface area is 171 Å². The minimum atomic E-state index is 0. The highest BCUT2D eigenvalue weighted by atomic mass is 127. The van der Waals surface area contributed by atoms with Gasteiger partial charge in [-0.2, -0.15) is 0 Å². The summed E-state index contributed by atoms with van der Waals surface area (Å²) in [6, 6.07) is 13.0. The molecule has 0 aliphatic carbocycles. The van der Waals surface area contributed by atoms with Crippen LogP contribution in [0.5, 0.6) is 0 Å². The molecule has 0 bridgehead atoms. The summed E-state index contributed by atoms with van der Waals surface area (Å²) in [6.07, 6.45) is 2.30. The molecule has 3 rings (SSSR count). The summed E-state index contributed by atoms with van der Waals surface area (Å²) in [7, 11) is 1.82. The van der Waals surface area contributed by atoms with Crippen LogP contribution in [0.2, 0.25) is 0 Å². The lowest BCUT2D eigenvalue weighted by molar-refractivity contribution is 0.251. The van der Waals surface area contributed by atoms with Crippen LogP contribution < -0.4 is 10.6 Å². The molecular weight excluding hydrogens is 443 g/mol. The van der Waals surface area contributed by atoms with Gasteiger partial charge in [-0.05, 0) is 35.4 Å². The number of nitrogens with zero attached hydrogens (tertiary/aromatic N) is 2. The summed E-state index contributed by atoms with van der Waals surface area (Å²) in [5, 5.41) is 8.87. The van der Waals surface area contributed by atoms with E-state index in [1.807, 2.05) is 7.05 Å². The summed E-state index contributed by atoms with van der Waals surface area (Å²) in [5.41, 5.74) is 3.01. The van der Waals surface area contributed by atoms with Crippen molar-refractivity contribution in [2.24, 2.45) is 4.99 Å². The lowest BCUT2D eigenvalue weighted by atomic mass is 10.00. The number of rotatable bonds is 6. The van der Waals surface area contributed by atoms with Crippen LogP contribution in [0.4, 0.5) is 0 Å². The van der Waals surface area contributed by atoms with E-state index in [1.165, 1.54) is 29.0 Å². The molecule has 0 amide bonds. The predicted octanol–water partition coefficient (Wildman–Crippen LogP) is 3.48. The van der Waals surface area contributed by atoms with E-state index in [4.69, 9.17) is 0 Å². The largest absolute Gasteiger partial charge is 0.356 e. The number of nitrogens with one attached hydrogen (secondary N) is 2. The lowest BCUT2D eigenvalue weighted by Crippen LogP contribution is -2.38. The van der Waals surface area contributed by atoms with Gasteiger partial charge in [0.1, 0.15) is 0 Å². The zero-order chi connectivity index (χ0) is 16.6. The smallest absolute Gasteiger partial charge is 0.191 e. The molecule has 0 radical (unpaired) electrons. The van der Waals surface area contributed by atoms with Crippen LogP contribution in [-0.2, 0) is 19.5 Å². The Balaban J connectivity index is 0.00000225. The minimum Gasteiger partial charge on any atom is -0.356 e. The van der Waals surface area contributed by atoms with E-state index in [0.29, 0.717) is 0 Å². The first kappa shape index (κ1) is 20.2. The number of hydrogen-bond donors (Lipinski definition) is 2. The van der Waals surface area contributed by atoms with Crippen molar-refractivity contribution in [1.82, 2.24) is 15.5 Å². The van der Waals surface area contributed by atoms with Crippen LogP contribution in [0.15, 0.2) is 46.8 Å². The average Bonchev–Trinajstić information content (AvgIpc) is 3.14. The molecule has 0 fully saturated rings. The summed E-state index contributed by atoms with van der Waals surface area (Å²) in [4.78, 5) is 8.16. The molecule has 1 aromatic carbocycles. The second-order valence-electron chi connectivity index (χ2n) is 6.08. The first-order valence-electron chi connectivity index (χ1n) is 8.61. The lowest BCUT2D eigenvalue weighted by Gasteiger charge is -2.28. The molecule has 0 saturated carbocycles. The van der Waals surface area contributed by atoms with Crippen molar-refractivity contribution in [2.75, 3.05) is 26.7 Å². The molecule has 4 nitrogen and oxygen atoms in total. The van der Waals surface area contributed by atoms with Crippen molar-refractivity contribution in [1.29, 1.82) is 0 Å². The molecule has 1 aliphatic rings. The first-order valence-corrected chi connectivity index (χ1v) is 9.49. The maximum atomic E-state index is 4.29. The van der Waals surface area contributed by atoms with E-state index in [2.05, 4.69) is 62.3 Å². The zero-order valence-corrected chi connectivity index (χ0v) is 17.8. The Kier molecular flexibility index (Phi) is 8.71. The minimum absolute atomic E-state index is 0. The summed E-state index contributed by atoms with van der Waals surface area (Å²) >= 11 is 1.77. The standard InChI is InChI=1S/C19H26N4S.HI/c1-20-19(22-14-18-8-4-13-24-18)21-10-5-11-23-12-9-16-6-2-3-7-17(16)15-23;/h2-4,6-8,13H,5,9-12,14-15H2,1H3,(H2,20,21,22);1H. The summed E-state index contributed by atoms with van der Waals surface area (Å²) in [6.45, 7) is 5.16. The molecule has 2 aromatic rings. The van der Waals surface area contributed by atoms with Gasteiger partial charge in [0, 0.05) is 38.1 Å². The van der Waals surface area contributed by atoms with Gasteiger partial charge in [-0.3, -0.25) is 9.89 Å². The molecule has 1 aromatic heterocycles. The van der Waals surface area contributed by atoms with Crippen molar-refractivity contribution < 1.29 is 0 Å². The molecular formula is C19H27IN4S. The first-order chi connectivity index (χ1) is 11.8. The van der Waals surface area contributed by atoms with Crippen LogP contribution in [-0.4, -0.2) is 37.5 Å². The van der Waals surface area contributed by atoms with Crippen LogP contribution in [0, 0.1) is 0 Å². The van der Waals surface area contributed by atoms with Crippen LogP contribution >= 0.6 is 35.3 Å². The maximum Gasteiger partial charge on any atom is 0.191 e. The molecule has 136 valence electrons.